The molecule has 4 rings (SSSR count). The first-order valence-corrected chi connectivity index (χ1v) is 9.25. The van der Waals surface area contributed by atoms with Crippen molar-refractivity contribution in [1.29, 1.82) is 0 Å². The van der Waals surface area contributed by atoms with Crippen molar-refractivity contribution in [3.8, 4) is 0 Å². The molecule has 2 aromatic carbocycles. The Labute approximate surface area is 155 Å². The monoisotopic (exact) mass is 381 g/mol. The molecule has 2 nitrogen and oxygen atoms in total. The number of fused-ring (bicyclic) bond motifs is 3. The van der Waals surface area contributed by atoms with Crippen LogP contribution in [0, 0.1) is 5.92 Å². The van der Waals surface area contributed by atoms with Gasteiger partial charge in [-0.1, -0.05) is 30.3 Å². The molecule has 6 heteroatoms. The molecule has 2 aliphatic rings. The Morgan fingerprint density at radius 3 is 2.54 bits per heavy atom. The summed E-state index contributed by atoms with van der Waals surface area (Å²) in [5.41, 5.74) is 1.74. The summed E-state index contributed by atoms with van der Waals surface area (Å²) in [5, 5.41) is 3.44. The largest absolute Gasteiger partial charge is 0.416 e. The third-order valence-corrected chi connectivity index (χ3v) is 5.65. The average molecular weight is 382 g/mol. The lowest BCUT2D eigenvalue weighted by atomic mass is 9.76. The highest BCUT2D eigenvalue weighted by molar-refractivity contribution is 6.18. The van der Waals surface area contributed by atoms with Crippen LogP contribution in [0.2, 0.25) is 0 Å². The number of hydrogen-bond donors (Lipinski definition) is 1. The third kappa shape index (κ3) is 3.19. The molecule has 4 atom stereocenters. The van der Waals surface area contributed by atoms with Crippen LogP contribution in [0.4, 0.5) is 18.9 Å². The van der Waals surface area contributed by atoms with Crippen LogP contribution in [0.15, 0.2) is 48.5 Å². The summed E-state index contributed by atoms with van der Waals surface area (Å²) in [5.74, 6) is 0.411. The van der Waals surface area contributed by atoms with Gasteiger partial charge < -0.3 is 10.1 Å². The van der Waals surface area contributed by atoms with Gasteiger partial charge in [0.15, 0.2) is 0 Å². The molecule has 0 bridgehead atoms. The van der Waals surface area contributed by atoms with Gasteiger partial charge in [0.05, 0.1) is 23.8 Å². The SMILES string of the molecule is FC(F)(F)c1ccc2c(c1)C1O[C@@H](CCl)CC[C@H]1[C@H](c1ccccc1)N2. The predicted octanol–water partition coefficient (Wildman–Crippen LogP) is 5.95. The highest BCUT2D eigenvalue weighted by Gasteiger charge is 2.43. The minimum atomic E-state index is -4.37. The molecule has 2 heterocycles. The standard InChI is InChI=1S/C20H19ClF3NO/c21-11-14-7-8-15-18(12-4-2-1-3-5-12)25-17-9-6-13(20(22,23)24)10-16(17)19(15)26-14/h1-6,9-10,14-15,18-19,25H,7-8,11H2/t14-,15+,18+,19?/m1/s1. The second-order valence-corrected chi connectivity index (χ2v) is 7.22. The Balaban J connectivity index is 1.77. The van der Waals surface area contributed by atoms with Crippen molar-refractivity contribution >= 4 is 17.3 Å². The maximum atomic E-state index is 13.2. The van der Waals surface area contributed by atoms with E-state index in [1.807, 2.05) is 30.3 Å². The number of nitrogens with one attached hydrogen (secondary N) is 1. The number of rotatable bonds is 2. The quantitative estimate of drug-likeness (QED) is 0.649. The van der Waals surface area contributed by atoms with Gasteiger partial charge >= 0.3 is 6.18 Å². The Morgan fingerprint density at radius 2 is 1.85 bits per heavy atom. The maximum absolute atomic E-state index is 13.2. The van der Waals surface area contributed by atoms with Crippen molar-refractivity contribution in [1.82, 2.24) is 0 Å². The minimum absolute atomic E-state index is 0.00159. The normalized spacial score (nSPS) is 28.0. The summed E-state index contributed by atoms with van der Waals surface area (Å²) >= 11 is 5.98. The van der Waals surface area contributed by atoms with Crippen molar-refractivity contribution in [3.05, 3.63) is 65.2 Å². The van der Waals surface area contributed by atoms with E-state index in [-0.39, 0.29) is 18.1 Å². The van der Waals surface area contributed by atoms with E-state index in [0.717, 1.165) is 24.5 Å². The fourth-order valence-electron chi connectivity index (χ4n) is 4.04. The summed E-state index contributed by atoms with van der Waals surface area (Å²) in [4.78, 5) is 0. The Kier molecular flexibility index (Phi) is 4.61. The highest BCUT2D eigenvalue weighted by atomic mass is 35.5. The lowest BCUT2D eigenvalue weighted by Gasteiger charge is -2.45. The van der Waals surface area contributed by atoms with Crippen molar-refractivity contribution in [2.45, 2.75) is 37.3 Å². The van der Waals surface area contributed by atoms with Gasteiger partial charge in [0.2, 0.25) is 0 Å². The molecule has 138 valence electrons. The molecule has 0 aliphatic carbocycles. The van der Waals surface area contributed by atoms with E-state index in [9.17, 15) is 13.2 Å². The first kappa shape index (κ1) is 17.7. The van der Waals surface area contributed by atoms with Gasteiger partial charge in [-0.25, -0.2) is 0 Å². The lowest BCUT2D eigenvalue weighted by Crippen LogP contribution is -2.39. The topological polar surface area (TPSA) is 21.3 Å². The first-order chi connectivity index (χ1) is 12.5. The average Bonchev–Trinajstić information content (AvgIpc) is 2.66. The van der Waals surface area contributed by atoms with E-state index in [1.54, 1.807) is 0 Å². The van der Waals surface area contributed by atoms with Gasteiger partial charge in [-0.3, -0.25) is 0 Å². The number of halogens is 4. The second-order valence-electron chi connectivity index (χ2n) is 6.91. The number of alkyl halides is 4. The van der Waals surface area contributed by atoms with E-state index in [0.29, 0.717) is 17.1 Å². The number of hydrogen-bond acceptors (Lipinski definition) is 2. The molecule has 0 amide bonds. The van der Waals surface area contributed by atoms with Crippen LogP contribution in [0.1, 0.15) is 41.7 Å². The van der Waals surface area contributed by atoms with Crippen LogP contribution >= 0.6 is 11.6 Å². The zero-order chi connectivity index (χ0) is 18.3. The van der Waals surface area contributed by atoms with Gasteiger partial charge in [0.25, 0.3) is 0 Å². The summed E-state index contributed by atoms with van der Waals surface area (Å²) in [6.07, 6.45) is -3.23. The Bertz CT molecular complexity index is 780. The molecule has 1 fully saturated rings. The van der Waals surface area contributed by atoms with Gasteiger partial charge in [0, 0.05) is 23.0 Å². The minimum Gasteiger partial charge on any atom is -0.378 e. The molecular formula is C20H19ClF3NO. The number of benzene rings is 2. The number of anilines is 1. The highest BCUT2D eigenvalue weighted by Crippen LogP contribution is 2.51. The zero-order valence-electron chi connectivity index (χ0n) is 14.0. The molecule has 2 aliphatic heterocycles. The van der Waals surface area contributed by atoms with E-state index < -0.39 is 17.8 Å². The first-order valence-electron chi connectivity index (χ1n) is 8.71. The molecule has 1 saturated heterocycles. The van der Waals surface area contributed by atoms with Crippen LogP contribution in [0.3, 0.4) is 0 Å². The van der Waals surface area contributed by atoms with Gasteiger partial charge in [0.1, 0.15) is 0 Å². The van der Waals surface area contributed by atoms with Crippen LogP contribution in [0.25, 0.3) is 0 Å². The van der Waals surface area contributed by atoms with Crippen molar-refractivity contribution in [2.24, 2.45) is 5.92 Å². The van der Waals surface area contributed by atoms with Crippen LogP contribution < -0.4 is 5.32 Å². The fourth-order valence-corrected chi connectivity index (χ4v) is 4.26. The Morgan fingerprint density at radius 1 is 1.08 bits per heavy atom. The molecule has 0 saturated carbocycles. The van der Waals surface area contributed by atoms with Gasteiger partial charge in [-0.2, -0.15) is 13.2 Å². The van der Waals surface area contributed by atoms with Crippen LogP contribution in [-0.4, -0.2) is 12.0 Å². The summed E-state index contributed by atoms with van der Waals surface area (Å²) in [6, 6.07) is 13.8. The molecule has 0 radical (unpaired) electrons. The maximum Gasteiger partial charge on any atom is 0.416 e. The molecule has 1 unspecified atom stereocenters. The van der Waals surface area contributed by atoms with Crippen LogP contribution in [-0.2, 0) is 10.9 Å². The van der Waals surface area contributed by atoms with E-state index in [4.69, 9.17) is 16.3 Å². The van der Waals surface area contributed by atoms with Gasteiger partial charge in [-0.15, -0.1) is 11.6 Å². The number of ether oxygens (including phenoxy) is 1. The lowest BCUT2D eigenvalue weighted by molar-refractivity contribution is -0.138. The van der Waals surface area contributed by atoms with E-state index in [2.05, 4.69) is 5.32 Å². The van der Waals surface area contributed by atoms with Crippen molar-refractivity contribution < 1.29 is 17.9 Å². The van der Waals surface area contributed by atoms with Gasteiger partial charge in [-0.05, 0) is 36.6 Å². The molecule has 0 aromatic heterocycles. The second kappa shape index (κ2) is 6.78. The smallest absolute Gasteiger partial charge is 0.378 e. The summed E-state index contributed by atoms with van der Waals surface area (Å²) in [7, 11) is 0. The molecule has 1 N–H and O–H groups in total. The molecule has 2 aromatic rings. The van der Waals surface area contributed by atoms with E-state index in [1.165, 1.54) is 12.1 Å². The van der Waals surface area contributed by atoms with Crippen molar-refractivity contribution in [3.63, 3.8) is 0 Å². The Hall–Kier alpha value is -1.72. The molecule has 26 heavy (non-hydrogen) atoms. The third-order valence-electron chi connectivity index (χ3n) is 5.31. The van der Waals surface area contributed by atoms with E-state index >= 15 is 0 Å². The fraction of sp³-hybridized carbons (Fsp3) is 0.400. The predicted molar refractivity (Wildman–Crippen MR) is 95.3 cm³/mol. The van der Waals surface area contributed by atoms with Crippen LogP contribution in [0.5, 0.6) is 0 Å². The van der Waals surface area contributed by atoms with Crippen molar-refractivity contribution in [2.75, 3.05) is 11.2 Å². The summed E-state index contributed by atoms with van der Waals surface area (Å²) in [6.45, 7) is 0. The molecular weight excluding hydrogens is 363 g/mol. The summed E-state index contributed by atoms with van der Waals surface area (Å²) < 4.78 is 45.7. The molecule has 0 spiro atoms. The zero-order valence-corrected chi connectivity index (χ0v) is 14.7.